The molecule has 0 aliphatic carbocycles. The van der Waals surface area contributed by atoms with E-state index in [4.69, 9.17) is 10.2 Å². The zero-order chi connectivity index (χ0) is 24.4. The van der Waals surface area contributed by atoms with Crippen molar-refractivity contribution in [3.63, 3.8) is 0 Å². The molecular weight excluding hydrogens is 458 g/mol. The molecule has 0 bridgehead atoms. The predicted octanol–water partition coefficient (Wildman–Crippen LogP) is 2.46. The number of nitrogens with two attached hydrogens (primary N) is 1. The highest BCUT2D eigenvalue weighted by atomic mass is 19.1. The fraction of sp³-hybridized carbons (Fsp3) is 0.261. The number of furan rings is 1. The van der Waals surface area contributed by atoms with Crippen molar-refractivity contribution < 1.29 is 18.0 Å². The Morgan fingerprint density at radius 3 is 2.66 bits per heavy atom. The maximum atomic E-state index is 14.1. The molecule has 3 aromatic heterocycles. The van der Waals surface area contributed by atoms with Crippen molar-refractivity contribution in [3.05, 3.63) is 66.3 Å². The van der Waals surface area contributed by atoms with Crippen molar-refractivity contribution >= 4 is 34.4 Å². The molecule has 1 fully saturated rings. The van der Waals surface area contributed by atoms with E-state index in [9.17, 15) is 13.6 Å². The molecule has 0 atom stereocenters. The highest BCUT2D eigenvalue weighted by molar-refractivity contribution is 5.94. The van der Waals surface area contributed by atoms with Crippen LogP contribution in [0.5, 0.6) is 0 Å². The highest BCUT2D eigenvalue weighted by Crippen LogP contribution is 2.23. The number of piperazine rings is 1. The minimum atomic E-state index is -0.577. The van der Waals surface area contributed by atoms with Crippen LogP contribution in [0.25, 0.3) is 11.0 Å². The summed E-state index contributed by atoms with van der Waals surface area (Å²) in [7, 11) is 0. The monoisotopic (exact) mass is 482 g/mol. The van der Waals surface area contributed by atoms with Crippen LogP contribution in [0.1, 0.15) is 10.6 Å². The molecule has 1 aromatic carbocycles. The molecule has 10 nitrogen and oxygen atoms in total. The van der Waals surface area contributed by atoms with E-state index in [1.54, 1.807) is 12.1 Å². The van der Waals surface area contributed by atoms with Crippen LogP contribution < -0.4 is 21.5 Å². The number of carbonyl (C=O) groups excluding carboxylic acids is 1. The van der Waals surface area contributed by atoms with Gasteiger partial charge < -0.3 is 19.6 Å². The lowest BCUT2D eigenvalue weighted by atomic mass is 10.2. The van der Waals surface area contributed by atoms with Gasteiger partial charge >= 0.3 is 5.91 Å². The molecule has 1 aliphatic rings. The number of halogens is 2. The Bertz CT molecular complexity index is 1330. The molecule has 0 radical (unpaired) electrons. The van der Waals surface area contributed by atoms with Crippen LogP contribution in [0.2, 0.25) is 0 Å². The zero-order valence-corrected chi connectivity index (χ0v) is 18.7. The Kier molecular flexibility index (Phi) is 6.19. The summed E-state index contributed by atoms with van der Waals surface area (Å²) in [4.78, 5) is 24.9. The Labute approximate surface area is 199 Å². The van der Waals surface area contributed by atoms with Crippen molar-refractivity contribution in [3.8, 4) is 0 Å². The Hall–Kier alpha value is -4.19. The molecule has 12 heteroatoms. The largest absolute Gasteiger partial charge is 0.459 e. The number of benzene rings is 1. The van der Waals surface area contributed by atoms with Crippen molar-refractivity contribution in [1.29, 1.82) is 0 Å². The normalized spacial score (nSPS) is 14.4. The smallest absolute Gasteiger partial charge is 0.305 e. The van der Waals surface area contributed by atoms with Crippen LogP contribution >= 0.6 is 0 Å². The van der Waals surface area contributed by atoms with Crippen LogP contribution in [-0.4, -0.2) is 58.1 Å². The van der Waals surface area contributed by atoms with Gasteiger partial charge in [-0.05, 0) is 30.3 Å². The van der Waals surface area contributed by atoms with Gasteiger partial charge in [0.25, 0.3) is 0 Å². The quantitative estimate of drug-likeness (QED) is 0.344. The van der Waals surface area contributed by atoms with Gasteiger partial charge in [0.05, 0.1) is 17.3 Å². The number of nitrogens with zero attached hydrogens (tertiary/aromatic N) is 5. The van der Waals surface area contributed by atoms with Crippen LogP contribution in [0.3, 0.4) is 0 Å². The molecule has 1 saturated heterocycles. The average molecular weight is 482 g/mol. The first-order valence-electron chi connectivity index (χ1n) is 11.1. The third-order valence-electron chi connectivity index (χ3n) is 5.96. The van der Waals surface area contributed by atoms with E-state index in [2.05, 4.69) is 25.7 Å². The van der Waals surface area contributed by atoms with E-state index in [-0.39, 0.29) is 11.7 Å². The van der Waals surface area contributed by atoms with Gasteiger partial charge in [0.2, 0.25) is 5.95 Å². The first-order chi connectivity index (χ1) is 17.0. The number of amides is 1. The topological polar surface area (TPSA) is 117 Å². The van der Waals surface area contributed by atoms with Crippen LogP contribution in [0.4, 0.5) is 26.2 Å². The molecule has 0 unspecified atom stereocenters. The van der Waals surface area contributed by atoms with Crippen LogP contribution in [0.15, 0.2) is 53.3 Å². The highest BCUT2D eigenvalue weighted by Gasteiger charge is 2.20. The van der Waals surface area contributed by atoms with Crippen LogP contribution in [-0.2, 0) is 6.54 Å². The fourth-order valence-electron chi connectivity index (χ4n) is 4.14. The van der Waals surface area contributed by atoms with E-state index in [0.29, 0.717) is 42.2 Å². The van der Waals surface area contributed by atoms with E-state index >= 15 is 0 Å². The summed E-state index contributed by atoms with van der Waals surface area (Å²) in [6.07, 6.45) is 3.30. The van der Waals surface area contributed by atoms with Gasteiger partial charge in [-0.2, -0.15) is 9.97 Å². The second-order valence-corrected chi connectivity index (χ2v) is 8.16. The van der Waals surface area contributed by atoms with Crippen molar-refractivity contribution in [2.45, 2.75) is 6.54 Å². The number of rotatable bonds is 7. The maximum absolute atomic E-state index is 14.1. The molecule has 35 heavy (non-hydrogen) atoms. The lowest BCUT2D eigenvalue weighted by Gasteiger charge is -2.36. The lowest BCUT2D eigenvalue weighted by Crippen LogP contribution is -2.47. The number of hydrogen-bond donors (Lipinski definition) is 3. The van der Waals surface area contributed by atoms with Crippen molar-refractivity contribution in [1.82, 2.24) is 24.9 Å². The fourth-order valence-corrected chi connectivity index (χ4v) is 4.14. The van der Waals surface area contributed by atoms with Gasteiger partial charge in [0, 0.05) is 51.5 Å². The summed E-state index contributed by atoms with van der Waals surface area (Å²) < 4.78 is 34.3. The first kappa shape index (κ1) is 22.6. The molecule has 4 N–H and O–H groups in total. The number of hydrazine groups is 1. The average Bonchev–Trinajstić information content (AvgIpc) is 3.52. The number of carbonyl (C=O) groups is 1. The Morgan fingerprint density at radius 1 is 1.09 bits per heavy atom. The molecule has 0 saturated carbocycles. The summed E-state index contributed by atoms with van der Waals surface area (Å²) >= 11 is 0. The molecule has 1 aliphatic heterocycles. The lowest BCUT2D eigenvalue weighted by molar-refractivity contribution is 0.0935. The Balaban J connectivity index is 1.20. The van der Waals surface area contributed by atoms with E-state index in [1.165, 1.54) is 18.4 Å². The molecule has 4 heterocycles. The summed E-state index contributed by atoms with van der Waals surface area (Å²) in [5.74, 6) is -0.955. The maximum Gasteiger partial charge on any atom is 0.305 e. The number of aromatic nitrogens is 3. The second kappa shape index (κ2) is 9.58. The van der Waals surface area contributed by atoms with Gasteiger partial charge in [-0.1, -0.05) is 0 Å². The minimum Gasteiger partial charge on any atom is -0.459 e. The summed E-state index contributed by atoms with van der Waals surface area (Å²) in [6.45, 7) is 4.20. The van der Waals surface area contributed by atoms with E-state index in [1.807, 2.05) is 21.7 Å². The summed E-state index contributed by atoms with van der Waals surface area (Å²) in [5.41, 5.74) is 12.3. The zero-order valence-electron chi connectivity index (χ0n) is 18.7. The van der Waals surface area contributed by atoms with Gasteiger partial charge in [-0.3, -0.25) is 20.5 Å². The van der Waals surface area contributed by atoms with Gasteiger partial charge in [-0.15, -0.1) is 0 Å². The van der Waals surface area contributed by atoms with E-state index in [0.717, 1.165) is 25.7 Å². The first-order valence-corrected chi connectivity index (χ1v) is 11.1. The second-order valence-electron chi connectivity index (χ2n) is 8.16. The third kappa shape index (κ3) is 4.87. The van der Waals surface area contributed by atoms with Gasteiger partial charge in [0.15, 0.2) is 11.6 Å². The molecular formula is C23H24F2N8O2. The number of fused-ring (bicyclic) bond motifs is 1. The molecule has 5 rings (SSSR count). The van der Waals surface area contributed by atoms with Crippen molar-refractivity contribution in [2.75, 3.05) is 48.8 Å². The summed E-state index contributed by atoms with van der Waals surface area (Å²) in [5, 5.41) is 0.704. The van der Waals surface area contributed by atoms with Crippen molar-refractivity contribution in [2.24, 2.45) is 0 Å². The number of anilines is 3. The molecule has 1 amide bonds. The molecule has 182 valence electrons. The minimum absolute atomic E-state index is 0.0714. The standard InChI is InChI=1S/C23H24F2N8O2/c24-15-3-4-18(17(25)14-15)32-10-7-31(8-11-32)9-12-33-6-5-16-20(27-23(26)28-21(16)33)29-30-22(34)19-2-1-13-35-19/h1-6,13-14H,7-12H2,(H,30,34)(H3,26,27,28,29). The third-order valence-corrected chi connectivity index (χ3v) is 5.96. The van der Waals surface area contributed by atoms with E-state index < -0.39 is 17.5 Å². The Morgan fingerprint density at radius 2 is 1.91 bits per heavy atom. The van der Waals surface area contributed by atoms with Crippen LogP contribution in [0, 0.1) is 11.6 Å². The number of nitrogen functional groups attached to an aromatic ring is 1. The molecule has 0 spiro atoms. The SMILES string of the molecule is Nc1nc(NNC(=O)c2ccco2)c2ccn(CCN3CCN(c4ccc(F)cc4F)CC3)c2n1. The van der Waals surface area contributed by atoms with Gasteiger partial charge in [-0.25, -0.2) is 8.78 Å². The van der Waals surface area contributed by atoms with Gasteiger partial charge in [0.1, 0.15) is 17.3 Å². The predicted molar refractivity (Wildman–Crippen MR) is 127 cm³/mol. The number of hydrogen-bond acceptors (Lipinski definition) is 8. The molecule has 4 aromatic rings. The summed E-state index contributed by atoms with van der Waals surface area (Å²) in [6, 6.07) is 8.70. The number of nitrogens with one attached hydrogen (secondary N) is 2.